The van der Waals surface area contributed by atoms with E-state index in [9.17, 15) is 0 Å². The Morgan fingerprint density at radius 1 is 0.161 bits per heavy atom. The fraction of sp³-hybridized carbons (Fsp3) is 0. The Morgan fingerprint density at radius 2 is 0.375 bits per heavy atom. The van der Waals surface area contributed by atoms with Gasteiger partial charge in [-0.2, -0.15) is 0 Å². The van der Waals surface area contributed by atoms with E-state index in [1.807, 2.05) is 61.2 Å². The summed E-state index contributed by atoms with van der Waals surface area (Å²) in [6, 6.07) is 146. The largest absolute Gasteiger partial charge is 0.309 e. The lowest BCUT2D eigenvalue weighted by atomic mass is 10.0. The molecule has 112 heavy (non-hydrogen) atoms. The van der Waals surface area contributed by atoms with Gasteiger partial charge < -0.3 is 9.13 Å². The van der Waals surface area contributed by atoms with Crippen molar-refractivity contribution in [1.29, 1.82) is 0 Å². The Hall–Kier alpha value is -15.1. The van der Waals surface area contributed by atoms with Crippen molar-refractivity contribution in [3.63, 3.8) is 0 Å². The van der Waals surface area contributed by atoms with Gasteiger partial charge in [-0.1, -0.05) is 303 Å². The predicted molar refractivity (Wildman–Crippen MR) is 466 cm³/mol. The molecule has 8 heteroatoms. The van der Waals surface area contributed by atoms with Crippen LogP contribution in [0.4, 0.5) is 34.6 Å². The van der Waals surface area contributed by atoms with Gasteiger partial charge in [0.25, 0.3) is 0 Å². The summed E-state index contributed by atoms with van der Waals surface area (Å²) in [6.07, 6.45) is 7.64. The number of hydrogen-bond donors (Lipinski definition) is 0. The van der Waals surface area contributed by atoms with Crippen LogP contribution in [0.5, 0.6) is 0 Å². The Kier molecular flexibility index (Phi) is 18.2. The average Bonchev–Trinajstić information content (AvgIpc) is 1.59. The van der Waals surface area contributed by atoms with E-state index in [1.54, 1.807) is 0 Å². The Balaban J connectivity index is 0.000000151. The molecular weight excluding hydrogens is 1360 g/mol. The minimum absolute atomic E-state index is 0.602. The van der Waals surface area contributed by atoms with Crippen LogP contribution in [-0.2, 0) is 0 Å². The van der Waals surface area contributed by atoms with Gasteiger partial charge in [-0.15, -0.1) is 0 Å². The molecule has 0 aliphatic heterocycles. The highest BCUT2D eigenvalue weighted by Gasteiger charge is 2.21. The van der Waals surface area contributed by atoms with Crippen LogP contribution in [0, 0.1) is 0 Å². The first kappa shape index (κ1) is 67.5. The summed E-state index contributed by atoms with van der Waals surface area (Å²) in [7, 11) is 0. The van der Waals surface area contributed by atoms with Crippen molar-refractivity contribution >= 4 is 78.3 Å². The van der Waals surface area contributed by atoms with Gasteiger partial charge in [0.05, 0.1) is 22.1 Å². The number of nitrogens with zero attached hydrogens (tertiary/aromatic N) is 8. The lowest BCUT2D eigenvalue weighted by Gasteiger charge is -2.24. The molecule has 0 aliphatic rings. The first-order valence-electron chi connectivity index (χ1n) is 37.8. The van der Waals surface area contributed by atoms with Crippen LogP contribution >= 0.6 is 0 Å². The summed E-state index contributed by atoms with van der Waals surface area (Å²) in [5.74, 6) is 1.21. The van der Waals surface area contributed by atoms with Crippen molar-refractivity contribution < 1.29 is 0 Å². The summed E-state index contributed by atoms with van der Waals surface area (Å²) in [4.78, 5) is 23.9. The van der Waals surface area contributed by atoms with E-state index in [2.05, 4.69) is 395 Å². The van der Waals surface area contributed by atoms with Gasteiger partial charge in [0, 0.05) is 91.6 Å². The van der Waals surface area contributed by atoms with E-state index in [0.717, 1.165) is 89.8 Å². The number of anilines is 6. The zero-order valence-corrected chi connectivity index (χ0v) is 61.1. The number of hydrogen-bond acceptors (Lipinski definition) is 6. The molecule has 4 heterocycles. The summed E-state index contributed by atoms with van der Waals surface area (Å²) in [5, 5.41) is 4.92. The van der Waals surface area contributed by atoms with Crippen LogP contribution in [0.25, 0.3) is 144 Å². The zero-order chi connectivity index (χ0) is 74.5. The molecule has 20 rings (SSSR count). The van der Waals surface area contributed by atoms with Crippen molar-refractivity contribution in [2.45, 2.75) is 0 Å². The van der Waals surface area contributed by atoms with E-state index in [4.69, 9.17) is 19.9 Å². The molecule has 528 valence electrons. The van der Waals surface area contributed by atoms with Crippen LogP contribution < -0.4 is 9.80 Å². The number of aromatic nitrogens is 6. The highest BCUT2D eigenvalue weighted by atomic mass is 15.3. The SMILES string of the molecule is c1ccc(-c2ccc(-c3cnc(N(c4ccc(-c5ccccc5)cc4)c4ccc(-c5ccc6c(c5)c5ccccc5n6-c5ccccc5)cc4)nc3)cc2)cc1.c1ccc(-c2ccc(N(c3ccc(-c4ccc5c(c4)c4ccccc4n5-c4ccc(-c5ccccc5)cc4)cc3)c3ncc(-c4ccccc4)cn3)cc2)cc1. The third-order valence-electron chi connectivity index (χ3n) is 21.1. The second-order valence-corrected chi connectivity index (χ2v) is 27.9. The molecule has 0 amide bonds. The van der Waals surface area contributed by atoms with Crippen molar-refractivity contribution in [2.24, 2.45) is 0 Å². The summed E-state index contributed by atoms with van der Waals surface area (Å²) < 4.78 is 4.72. The van der Waals surface area contributed by atoms with E-state index in [-0.39, 0.29) is 0 Å². The molecular formula is C104H72N8. The number of benzene rings is 16. The standard InChI is InChI=1S/2C52H36N4/c1-4-12-37(13-5-1)40-20-27-45(28-21-40)55(52-53-35-44(36-54-52)39-16-8-3-9-17-39)46-29-24-42(25-30-46)43-26-33-51-49(34-43)48-18-10-11-19-50(48)56(51)47-31-22-41(23-32-47)38-14-6-2-7-15-38;1-4-12-37(13-5-1)39-20-22-42(23-21-39)44-35-53-52(54-36-44)55(46-29-24-40(25-30-46)38-14-6-2-7-15-38)47-31-26-41(27-32-47)43-28-33-51-49(34-43)48-18-10-11-19-50(48)56(51)45-16-8-3-9-17-45/h2*1-36H. The first-order chi connectivity index (χ1) is 55.5. The van der Waals surface area contributed by atoms with Gasteiger partial charge in [0.1, 0.15) is 0 Å². The fourth-order valence-corrected chi connectivity index (χ4v) is 15.4. The molecule has 0 unspecified atom stereocenters. The lowest BCUT2D eigenvalue weighted by molar-refractivity contribution is 1.08. The third-order valence-corrected chi connectivity index (χ3v) is 21.1. The molecule has 0 radical (unpaired) electrons. The monoisotopic (exact) mass is 1430 g/mol. The minimum atomic E-state index is 0.602. The van der Waals surface area contributed by atoms with Gasteiger partial charge in [0.2, 0.25) is 11.9 Å². The van der Waals surface area contributed by atoms with Crippen LogP contribution in [0.15, 0.2) is 437 Å². The molecule has 20 aromatic rings. The highest BCUT2D eigenvalue weighted by Crippen LogP contribution is 2.42. The summed E-state index contributed by atoms with van der Waals surface area (Å²) >= 11 is 0. The van der Waals surface area contributed by atoms with E-state index in [1.165, 1.54) is 77.0 Å². The molecule has 0 fully saturated rings. The van der Waals surface area contributed by atoms with Crippen LogP contribution in [-0.4, -0.2) is 29.1 Å². The van der Waals surface area contributed by atoms with Crippen LogP contribution in [0.3, 0.4) is 0 Å². The molecule has 4 aromatic heterocycles. The maximum absolute atomic E-state index is 4.95. The molecule has 0 spiro atoms. The quantitative estimate of drug-likeness (QED) is 0.0960. The van der Waals surface area contributed by atoms with Gasteiger partial charge >= 0.3 is 0 Å². The number of rotatable bonds is 16. The highest BCUT2D eigenvalue weighted by molar-refractivity contribution is 6.12. The Morgan fingerprint density at radius 3 is 0.696 bits per heavy atom. The maximum Gasteiger partial charge on any atom is 0.234 e. The van der Waals surface area contributed by atoms with Crippen molar-refractivity contribution in [3.8, 4) is 100 Å². The van der Waals surface area contributed by atoms with Gasteiger partial charge in [0.15, 0.2) is 0 Å². The maximum atomic E-state index is 4.95. The smallest absolute Gasteiger partial charge is 0.234 e. The van der Waals surface area contributed by atoms with Gasteiger partial charge in [-0.3, -0.25) is 9.80 Å². The number of para-hydroxylation sites is 3. The Bertz CT molecular complexity index is 6540. The molecule has 16 aromatic carbocycles. The zero-order valence-electron chi connectivity index (χ0n) is 61.1. The van der Waals surface area contributed by atoms with E-state index < -0.39 is 0 Å². The van der Waals surface area contributed by atoms with E-state index in [0.29, 0.717) is 11.9 Å². The average molecular weight is 1430 g/mol. The first-order valence-corrected chi connectivity index (χ1v) is 37.8. The van der Waals surface area contributed by atoms with Gasteiger partial charge in [-0.25, -0.2) is 19.9 Å². The molecule has 8 nitrogen and oxygen atoms in total. The second-order valence-electron chi connectivity index (χ2n) is 27.9. The Labute approximate surface area is 650 Å². The molecule has 0 N–H and O–H groups in total. The van der Waals surface area contributed by atoms with Crippen LogP contribution in [0.2, 0.25) is 0 Å². The van der Waals surface area contributed by atoms with Gasteiger partial charge in [-0.05, 0) is 187 Å². The number of fused-ring (bicyclic) bond motifs is 6. The van der Waals surface area contributed by atoms with Crippen molar-refractivity contribution in [3.05, 3.63) is 437 Å². The minimum Gasteiger partial charge on any atom is -0.309 e. The normalized spacial score (nSPS) is 11.2. The predicted octanol–water partition coefficient (Wildman–Crippen LogP) is 27.4. The fourth-order valence-electron chi connectivity index (χ4n) is 15.4. The van der Waals surface area contributed by atoms with E-state index >= 15 is 0 Å². The lowest BCUT2D eigenvalue weighted by Crippen LogP contribution is -2.13. The molecule has 0 aliphatic carbocycles. The van der Waals surface area contributed by atoms with Crippen LogP contribution in [0.1, 0.15) is 0 Å². The molecule has 0 saturated heterocycles. The molecule has 0 bridgehead atoms. The topological polar surface area (TPSA) is 67.9 Å². The summed E-state index contributed by atoms with van der Waals surface area (Å²) in [6.45, 7) is 0. The van der Waals surface area contributed by atoms with Crippen molar-refractivity contribution in [2.75, 3.05) is 9.80 Å². The second kappa shape index (κ2) is 30.3. The summed E-state index contributed by atoms with van der Waals surface area (Å²) in [5.41, 5.74) is 29.2. The van der Waals surface area contributed by atoms with Crippen molar-refractivity contribution in [1.82, 2.24) is 29.1 Å². The third kappa shape index (κ3) is 13.5. The molecule has 0 atom stereocenters. The molecule has 0 saturated carbocycles.